The first-order valence-electron chi connectivity index (χ1n) is 13.7. The molecule has 1 aliphatic carbocycles. The van der Waals surface area contributed by atoms with E-state index in [0.717, 1.165) is 43.2 Å². The van der Waals surface area contributed by atoms with Gasteiger partial charge in [0.25, 0.3) is 0 Å². The summed E-state index contributed by atoms with van der Waals surface area (Å²) in [5.41, 5.74) is 1.54. The number of hydrogen-bond donors (Lipinski definition) is 2. The molecule has 2 aliphatic rings. The summed E-state index contributed by atoms with van der Waals surface area (Å²) in [6.07, 6.45) is 4.81. The van der Waals surface area contributed by atoms with Crippen molar-refractivity contribution in [2.24, 2.45) is 17.3 Å². The van der Waals surface area contributed by atoms with Gasteiger partial charge in [-0.2, -0.15) is 0 Å². The van der Waals surface area contributed by atoms with Crippen LogP contribution in [0.25, 0.3) is 0 Å². The SMILES string of the molecule is COc1cc(CN[C@H]2[C@H](C(C)(C)C)[C@@H](C(=O)O)N(C(=O)C3CCCCC3)[C@H]2c2ccccc2)cc(OC)c1. The van der Waals surface area contributed by atoms with E-state index in [-0.39, 0.29) is 29.2 Å². The van der Waals surface area contributed by atoms with Gasteiger partial charge in [-0.1, -0.05) is 70.4 Å². The summed E-state index contributed by atoms with van der Waals surface area (Å²) < 4.78 is 10.9. The number of amides is 1. The Hall–Kier alpha value is -3.06. The average Bonchev–Trinajstić information content (AvgIpc) is 3.28. The summed E-state index contributed by atoms with van der Waals surface area (Å²) in [6.45, 7) is 6.71. The van der Waals surface area contributed by atoms with Crippen LogP contribution in [0.2, 0.25) is 0 Å². The molecule has 0 aromatic heterocycles. The topological polar surface area (TPSA) is 88.1 Å². The lowest BCUT2D eigenvalue weighted by Gasteiger charge is -2.36. The number of carbonyl (C=O) groups excluding carboxylic acids is 1. The van der Waals surface area contributed by atoms with Gasteiger partial charge in [-0.05, 0) is 41.5 Å². The van der Waals surface area contributed by atoms with E-state index < -0.39 is 18.1 Å². The standard InChI is InChI=1S/C31H42N2O5/c1-31(2,3)25-26(32-19-20-16-23(37-4)18-24(17-20)38-5)27(21-12-8-6-9-13-21)33(28(25)30(35)36)29(34)22-14-10-7-11-15-22/h6,8-9,12-13,16-18,22,25-28,32H,7,10-11,14-15,19H2,1-5H3,(H,35,36)/t25-,26-,27-,28-/m0/s1. The first-order chi connectivity index (χ1) is 18.2. The molecule has 1 saturated carbocycles. The van der Waals surface area contributed by atoms with Crippen LogP contribution in [0, 0.1) is 17.3 Å². The van der Waals surface area contributed by atoms with Gasteiger partial charge in [0.15, 0.2) is 0 Å². The summed E-state index contributed by atoms with van der Waals surface area (Å²) in [5.74, 6) is -0.0202. The lowest BCUT2D eigenvalue weighted by Crippen LogP contribution is -2.49. The lowest BCUT2D eigenvalue weighted by molar-refractivity contribution is -0.154. The van der Waals surface area contributed by atoms with Gasteiger partial charge in [0.2, 0.25) is 5.91 Å². The number of aliphatic carboxylic acids is 1. The molecule has 2 N–H and O–H groups in total. The van der Waals surface area contributed by atoms with Crippen LogP contribution in [-0.2, 0) is 16.1 Å². The summed E-state index contributed by atoms with van der Waals surface area (Å²) >= 11 is 0. The molecule has 0 spiro atoms. The highest BCUT2D eigenvalue weighted by molar-refractivity contribution is 5.87. The molecule has 7 heteroatoms. The number of benzene rings is 2. The fraction of sp³-hybridized carbons (Fsp3) is 0.548. The van der Waals surface area contributed by atoms with Gasteiger partial charge in [0.05, 0.1) is 20.3 Å². The predicted molar refractivity (Wildman–Crippen MR) is 147 cm³/mol. The monoisotopic (exact) mass is 522 g/mol. The molecule has 2 aromatic rings. The van der Waals surface area contributed by atoms with Crippen LogP contribution in [0.1, 0.15) is 70.0 Å². The molecule has 2 fully saturated rings. The molecule has 1 aliphatic heterocycles. The third-order valence-corrected chi connectivity index (χ3v) is 8.22. The van der Waals surface area contributed by atoms with Crippen molar-refractivity contribution < 1.29 is 24.2 Å². The van der Waals surface area contributed by atoms with Crippen molar-refractivity contribution >= 4 is 11.9 Å². The highest BCUT2D eigenvalue weighted by atomic mass is 16.5. The summed E-state index contributed by atoms with van der Waals surface area (Å²) in [6, 6.07) is 14.0. The molecule has 1 amide bonds. The molecule has 4 atom stereocenters. The Morgan fingerprint density at radius 2 is 1.58 bits per heavy atom. The Bertz CT molecular complexity index is 1080. The smallest absolute Gasteiger partial charge is 0.326 e. The maximum absolute atomic E-state index is 14.2. The first-order valence-corrected chi connectivity index (χ1v) is 13.7. The van der Waals surface area contributed by atoms with Gasteiger partial charge in [0, 0.05) is 30.5 Å². The van der Waals surface area contributed by atoms with Crippen LogP contribution in [0.3, 0.4) is 0 Å². The third kappa shape index (κ3) is 5.83. The van der Waals surface area contributed by atoms with Crippen LogP contribution >= 0.6 is 0 Å². The lowest BCUT2D eigenvalue weighted by atomic mass is 9.72. The zero-order chi connectivity index (χ0) is 27.4. The molecule has 1 heterocycles. The molecule has 4 rings (SSSR count). The molecule has 2 aromatic carbocycles. The van der Waals surface area contributed by atoms with Crippen molar-refractivity contribution in [3.05, 3.63) is 59.7 Å². The summed E-state index contributed by atoms with van der Waals surface area (Å²) in [4.78, 5) is 28.9. The molecule has 206 valence electrons. The van der Waals surface area contributed by atoms with Crippen molar-refractivity contribution in [3.8, 4) is 11.5 Å². The fourth-order valence-corrected chi connectivity index (χ4v) is 6.49. The largest absolute Gasteiger partial charge is 0.497 e. The fourth-order valence-electron chi connectivity index (χ4n) is 6.49. The van der Waals surface area contributed by atoms with E-state index in [0.29, 0.717) is 18.0 Å². The van der Waals surface area contributed by atoms with Crippen LogP contribution in [0.5, 0.6) is 11.5 Å². The number of methoxy groups -OCH3 is 2. The Morgan fingerprint density at radius 3 is 2.11 bits per heavy atom. The van der Waals surface area contributed by atoms with E-state index in [1.54, 1.807) is 19.1 Å². The van der Waals surface area contributed by atoms with Gasteiger partial charge < -0.3 is 24.8 Å². The van der Waals surface area contributed by atoms with E-state index >= 15 is 0 Å². The van der Waals surface area contributed by atoms with Gasteiger partial charge in [0.1, 0.15) is 17.5 Å². The minimum atomic E-state index is -0.942. The molecule has 0 unspecified atom stereocenters. The summed E-state index contributed by atoms with van der Waals surface area (Å²) in [5, 5.41) is 14.3. The molecular weight excluding hydrogens is 480 g/mol. The zero-order valence-corrected chi connectivity index (χ0v) is 23.3. The molecule has 1 saturated heterocycles. The van der Waals surface area contributed by atoms with Gasteiger partial charge >= 0.3 is 5.97 Å². The van der Waals surface area contributed by atoms with Crippen LogP contribution < -0.4 is 14.8 Å². The van der Waals surface area contributed by atoms with Gasteiger partial charge in [-0.25, -0.2) is 4.79 Å². The minimum absolute atomic E-state index is 0.0208. The average molecular weight is 523 g/mol. The summed E-state index contributed by atoms with van der Waals surface area (Å²) in [7, 11) is 3.24. The quantitative estimate of drug-likeness (QED) is 0.480. The predicted octanol–water partition coefficient (Wildman–Crippen LogP) is 5.44. The second-order valence-electron chi connectivity index (χ2n) is 11.7. The maximum Gasteiger partial charge on any atom is 0.326 e. The number of carboxylic acids is 1. The van der Waals surface area contributed by atoms with Crippen molar-refractivity contribution in [1.82, 2.24) is 10.2 Å². The highest BCUT2D eigenvalue weighted by Crippen LogP contribution is 2.49. The van der Waals surface area contributed by atoms with Gasteiger partial charge in [-0.15, -0.1) is 0 Å². The van der Waals surface area contributed by atoms with E-state index in [9.17, 15) is 14.7 Å². The zero-order valence-electron chi connectivity index (χ0n) is 23.3. The first kappa shape index (κ1) is 28.0. The molecule has 38 heavy (non-hydrogen) atoms. The van der Waals surface area contributed by atoms with E-state index in [2.05, 4.69) is 26.1 Å². The maximum atomic E-state index is 14.2. The Labute approximate surface area is 226 Å². The number of rotatable bonds is 8. The Balaban J connectivity index is 1.78. The molecule has 0 bridgehead atoms. The van der Waals surface area contributed by atoms with Crippen molar-refractivity contribution in [2.75, 3.05) is 14.2 Å². The number of ether oxygens (including phenoxy) is 2. The number of carboxylic acid groups (broad SMARTS) is 1. The number of likely N-dealkylation sites (tertiary alicyclic amines) is 1. The third-order valence-electron chi connectivity index (χ3n) is 8.22. The van der Waals surface area contributed by atoms with Crippen LogP contribution in [-0.4, -0.2) is 48.2 Å². The molecule has 0 radical (unpaired) electrons. The Kier molecular flexibility index (Phi) is 8.66. The number of carbonyl (C=O) groups is 2. The highest BCUT2D eigenvalue weighted by Gasteiger charge is 2.58. The van der Waals surface area contributed by atoms with Crippen LogP contribution in [0.4, 0.5) is 0 Å². The van der Waals surface area contributed by atoms with Gasteiger partial charge in [-0.3, -0.25) is 4.79 Å². The second kappa shape index (κ2) is 11.8. The second-order valence-corrected chi connectivity index (χ2v) is 11.7. The Morgan fingerprint density at radius 1 is 0.974 bits per heavy atom. The van der Waals surface area contributed by atoms with Crippen molar-refractivity contribution in [2.45, 2.75) is 77.5 Å². The van der Waals surface area contributed by atoms with Crippen molar-refractivity contribution in [3.63, 3.8) is 0 Å². The van der Waals surface area contributed by atoms with E-state index in [1.165, 1.54) is 0 Å². The normalized spacial score (nSPS) is 24.3. The molecular formula is C31H42N2O5. The number of hydrogen-bond acceptors (Lipinski definition) is 5. The van der Waals surface area contributed by atoms with Crippen LogP contribution in [0.15, 0.2) is 48.5 Å². The van der Waals surface area contributed by atoms with E-state index in [4.69, 9.17) is 9.47 Å². The number of nitrogens with one attached hydrogen (secondary N) is 1. The minimum Gasteiger partial charge on any atom is -0.497 e. The number of nitrogens with zero attached hydrogens (tertiary/aromatic N) is 1. The van der Waals surface area contributed by atoms with Crippen molar-refractivity contribution in [1.29, 1.82) is 0 Å². The van der Waals surface area contributed by atoms with E-state index in [1.807, 2.05) is 48.5 Å². The molecule has 7 nitrogen and oxygen atoms in total.